The molecule has 0 spiro atoms. The maximum atomic E-state index is 11.6. The molecule has 0 aromatic heterocycles. The first-order valence-electron chi connectivity index (χ1n) is 5.17. The predicted octanol–water partition coefficient (Wildman–Crippen LogP) is 1.59. The van der Waals surface area contributed by atoms with E-state index in [1.807, 2.05) is 0 Å². The molecule has 0 bridgehead atoms. The summed E-state index contributed by atoms with van der Waals surface area (Å²) in [6.07, 6.45) is 0.493. The van der Waals surface area contributed by atoms with Crippen LogP contribution in [0.1, 0.15) is 18.9 Å². The van der Waals surface area contributed by atoms with Crippen LogP contribution in [-0.2, 0) is 10.0 Å². The molecule has 18 heavy (non-hydrogen) atoms. The molecule has 0 heterocycles. The zero-order chi connectivity index (χ0) is 13.8. The van der Waals surface area contributed by atoms with Crippen molar-refractivity contribution in [2.75, 3.05) is 10.5 Å². The monoisotopic (exact) mass is 291 g/mol. The Morgan fingerprint density at radius 2 is 2.22 bits per heavy atom. The number of oxime groups is 1. The summed E-state index contributed by atoms with van der Waals surface area (Å²) in [6, 6.07) is 4.40. The lowest BCUT2D eigenvalue weighted by Crippen LogP contribution is -2.18. The molecule has 1 aromatic rings. The van der Waals surface area contributed by atoms with Crippen molar-refractivity contribution in [3.8, 4) is 0 Å². The first-order valence-corrected chi connectivity index (χ1v) is 7.20. The van der Waals surface area contributed by atoms with Gasteiger partial charge in [0.2, 0.25) is 10.0 Å². The second-order valence-electron chi connectivity index (χ2n) is 3.60. The summed E-state index contributed by atoms with van der Waals surface area (Å²) in [5, 5.41) is 11.6. The van der Waals surface area contributed by atoms with Crippen LogP contribution in [0.3, 0.4) is 0 Å². The number of hydrogen-bond acceptors (Lipinski definition) is 4. The van der Waals surface area contributed by atoms with E-state index in [4.69, 9.17) is 22.5 Å². The molecule has 0 aliphatic heterocycles. The fourth-order valence-corrected chi connectivity index (χ4v) is 2.67. The Labute approximate surface area is 110 Å². The molecule has 0 atom stereocenters. The Balaban J connectivity index is 3.09. The average Bonchev–Trinajstić information content (AvgIpc) is 2.30. The van der Waals surface area contributed by atoms with Crippen molar-refractivity contribution in [2.24, 2.45) is 10.9 Å². The zero-order valence-electron chi connectivity index (χ0n) is 9.72. The third kappa shape index (κ3) is 3.78. The Morgan fingerprint density at radius 1 is 1.56 bits per heavy atom. The molecule has 0 saturated carbocycles. The molecule has 0 fully saturated rings. The van der Waals surface area contributed by atoms with Crippen LogP contribution in [0.25, 0.3) is 0 Å². The zero-order valence-corrected chi connectivity index (χ0v) is 11.3. The van der Waals surface area contributed by atoms with Crippen molar-refractivity contribution in [3.63, 3.8) is 0 Å². The predicted molar refractivity (Wildman–Crippen MR) is 71.7 cm³/mol. The Morgan fingerprint density at radius 3 is 2.78 bits per heavy atom. The van der Waals surface area contributed by atoms with Crippen LogP contribution in [0, 0.1) is 0 Å². The van der Waals surface area contributed by atoms with E-state index in [9.17, 15) is 8.42 Å². The van der Waals surface area contributed by atoms with Gasteiger partial charge >= 0.3 is 0 Å². The van der Waals surface area contributed by atoms with Gasteiger partial charge in [0.25, 0.3) is 0 Å². The van der Waals surface area contributed by atoms with Gasteiger partial charge in [-0.05, 0) is 24.6 Å². The highest BCUT2D eigenvalue weighted by Crippen LogP contribution is 2.24. The fourth-order valence-electron chi connectivity index (χ4n) is 1.31. The van der Waals surface area contributed by atoms with E-state index in [1.165, 1.54) is 18.2 Å². The third-order valence-corrected chi connectivity index (χ3v) is 3.91. The normalized spacial score (nSPS) is 12.4. The van der Waals surface area contributed by atoms with Gasteiger partial charge in [-0.15, -0.1) is 0 Å². The van der Waals surface area contributed by atoms with E-state index in [0.29, 0.717) is 12.0 Å². The van der Waals surface area contributed by atoms with Crippen molar-refractivity contribution >= 4 is 33.1 Å². The third-order valence-electron chi connectivity index (χ3n) is 2.11. The van der Waals surface area contributed by atoms with Gasteiger partial charge in [-0.1, -0.05) is 23.7 Å². The van der Waals surface area contributed by atoms with E-state index in [0.717, 1.165) is 0 Å². The van der Waals surface area contributed by atoms with Crippen LogP contribution >= 0.6 is 11.6 Å². The number of sulfonamides is 1. The quantitative estimate of drug-likeness (QED) is 0.331. The van der Waals surface area contributed by atoms with Gasteiger partial charge in [0.1, 0.15) is 0 Å². The number of halogens is 1. The van der Waals surface area contributed by atoms with Gasteiger partial charge < -0.3 is 10.9 Å². The van der Waals surface area contributed by atoms with Crippen LogP contribution in [0.15, 0.2) is 23.4 Å². The fraction of sp³-hybridized carbons (Fsp3) is 0.300. The molecule has 0 radical (unpaired) electrons. The lowest BCUT2D eigenvalue weighted by molar-refractivity contribution is 0.318. The second-order valence-corrected chi connectivity index (χ2v) is 5.85. The summed E-state index contributed by atoms with van der Waals surface area (Å²) < 4.78 is 25.6. The molecule has 1 rings (SSSR count). The molecule has 4 N–H and O–H groups in total. The van der Waals surface area contributed by atoms with E-state index in [2.05, 4.69) is 9.88 Å². The van der Waals surface area contributed by atoms with Crippen LogP contribution in [0.5, 0.6) is 0 Å². The second kappa shape index (κ2) is 5.92. The van der Waals surface area contributed by atoms with Gasteiger partial charge in [-0.25, -0.2) is 8.42 Å². The number of nitrogens with two attached hydrogens (primary N) is 1. The first kappa shape index (κ1) is 14.6. The molecular formula is C10H14ClN3O3S. The number of nitrogens with zero attached hydrogens (tertiary/aromatic N) is 1. The number of amidine groups is 1. The lowest BCUT2D eigenvalue weighted by atomic mass is 10.2. The number of hydrogen-bond donors (Lipinski definition) is 3. The molecule has 0 aliphatic rings. The average molecular weight is 292 g/mol. The highest BCUT2D eigenvalue weighted by atomic mass is 35.5. The van der Waals surface area contributed by atoms with Crippen LogP contribution in [0.4, 0.5) is 5.69 Å². The van der Waals surface area contributed by atoms with E-state index in [1.54, 1.807) is 6.92 Å². The van der Waals surface area contributed by atoms with Gasteiger partial charge in [-0.2, -0.15) is 0 Å². The number of nitrogens with one attached hydrogen (secondary N) is 1. The van der Waals surface area contributed by atoms with E-state index >= 15 is 0 Å². The summed E-state index contributed by atoms with van der Waals surface area (Å²) in [4.78, 5) is 0. The van der Waals surface area contributed by atoms with Crippen LogP contribution in [0.2, 0.25) is 5.02 Å². The molecule has 0 unspecified atom stereocenters. The van der Waals surface area contributed by atoms with Crippen LogP contribution in [-0.4, -0.2) is 25.2 Å². The maximum absolute atomic E-state index is 11.6. The summed E-state index contributed by atoms with van der Waals surface area (Å²) >= 11 is 5.88. The van der Waals surface area contributed by atoms with E-state index < -0.39 is 10.0 Å². The van der Waals surface area contributed by atoms with Gasteiger partial charge in [-0.3, -0.25) is 4.72 Å². The Kier molecular flexibility index (Phi) is 4.80. The molecule has 6 nitrogen and oxygen atoms in total. The summed E-state index contributed by atoms with van der Waals surface area (Å²) in [5.74, 6) is -0.125. The smallest absolute Gasteiger partial charge is 0.232 e. The first-order chi connectivity index (χ1) is 8.39. The summed E-state index contributed by atoms with van der Waals surface area (Å²) in [5.41, 5.74) is 5.99. The SMILES string of the molecule is CCCS(=O)(=O)Nc1cc(C(N)=NO)ccc1Cl. The minimum Gasteiger partial charge on any atom is -0.409 e. The molecule has 100 valence electrons. The number of benzene rings is 1. The largest absolute Gasteiger partial charge is 0.409 e. The molecule has 8 heteroatoms. The van der Waals surface area contributed by atoms with E-state index in [-0.39, 0.29) is 22.3 Å². The standard InChI is InChI=1S/C10H14ClN3O3S/c1-2-5-18(16,17)14-9-6-7(10(12)13-15)3-4-8(9)11/h3-4,6,14-15H,2,5H2,1H3,(H2,12,13). The lowest BCUT2D eigenvalue weighted by Gasteiger charge is -2.10. The van der Waals surface area contributed by atoms with Crippen molar-refractivity contribution < 1.29 is 13.6 Å². The Bertz CT molecular complexity index is 557. The van der Waals surface area contributed by atoms with Crippen LogP contribution < -0.4 is 10.5 Å². The van der Waals surface area contributed by atoms with Gasteiger partial charge in [0.15, 0.2) is 5.84 Å². The Hall–Kier alpha value is -1.47. The summed E-state index contributed by atoms with van der Waals surface area (Å²) in [6.45, 7) is 1.76. The van der Waals surface area contributed by atoms with Gasteiger partial charge in [0, 0.05) is 5.56 Å². The molecule has 0 saturated heterocycles. The highest BCUT2D eigenvalue weighted by molar-refractivity contribution is 7.92. The van der Waals surface area contributed by atoms with Crippen molar-refractivity contribution in [1.82, 2.24) is 0 Å². The number of anilines is 1. The van der Waals surface area contributed by atoms with Gasteiger partial charge in [0.05, 0.1) is 16.5 Å². The topological polar surface area (TPSA) is 105 Å². The van der Waals surface area contributed by atoms with Crippen molar-refractivity contribution in [1.29, 1.82) is 0 Å². The molecular weight excluding hydrogens is 278 g/mol. The van der Waals surface area contributed by atoms with Crippen molar-refractivity contribution in [3.05, 3.63) is 28.8 Å². The minimum absolute atomic E-state index is 0.00285. The maximum Gasteiger partial charge on any atom is 0.232 e. The molecule has 0 aliphatic carbocycles. The number of rotatable bonds is 5. The highest BCUT2D eigenvalue weighted by Gasteiger charge is 2.12. The minimum atomic E-state index is -3.43. The molecule has 0 amide bonds. The molecule has 1 aromatic carbocycles. The summed E-state index contributed by atoms with van der Waals surface area (Å²) in [7, 11) is -3.43. The van der Waals surface area contributed by atoms with Crippen molar-refractivity contribution in [2.45, 2.75) is 13.3 Å².